The molecular formula is C14H22N2O3. The number of hydrogen-bond donors (Lipinski definition) is 0. The summed E-state index contributed by atoms with van der Waals surface area (Å²) in [6.07, 6.45) is 0.849. The standard InChI is InChI=1S/C14H22N2O3/c1-10-6-8-16(13(18)19-14(2,3)4)11(9-10)12(17)5-7-15/h10-11H,5-6,8-9H2,1-4H3. The van der Waals surface area contributed by atoms with Crippen LogP contribution in [-0.4, -0.2) is 35.0 Å². The highest BCUT2D eigenvalue weighted by Gasteiger charge is 2.36. The Morgan fingerprint density at radius 2 is 2.05 bits per heavy atom. The lowest BCUT2D eigenvalue weighted by Gasteiger charge is -2.38. The number of hydrogen-bond acceptors (Lipinski definition) is 4. The van der Waals surface area contributed by atoms with E-state index in [1.54, 1.807) is 20.8 Å². The highest BCUT2D eigenvalue weighted by molar-refractivity contribution is 5.89. The van der Waals surface area contributed by atoms with E-state index in [4.69, 9.17) is 10.00 Å². The summed E-state index contributed by atoms with van der Waals surface area (Å²) in [5.74, 6) is 0.186. The number of nitriles is 1. The van der Waals surface area contributed by atoms with Crippen LogP contribution in [0.3, 0.4) is 0 Å². The average molecular weight is 266 g/mol. The zero-order valence-electron chi connectivity index (χ0n) is 12.1. The Morgan fingerprint density at radius 3 is 2.58 bits per heavy atom. The molecule has 0 saturated carbocycles. The number of nitrogens with zero attached hydrogens (tertiary/aromatic N) is 2. The van der Waals surface area contributed by atoms with Gasteiger partial charge in [-0.3, -0.25) is 9.69 Å². The van der Waals surface area contributed by atoms with Gasteiger partial charge in [0, 0.05) is 6.54 Å². The molecule has 1 fully saturated rings. The van der Waals surface area contributed by atoms with Gasteiger partial charge in [0.15, 0.2) is 5.78 Å². The Hall–Kier alpha value is -1.57. The van der Waals surface area contributed by atoms with Gasteiger partial charge in [-0.25, -0.2) is 4.79 Å². The molecule has 0 bridgehead atoms. The summed E-state index contributed by atoms with van der Waals surface area (Å²) >= 11 is 0. The molecule has 0 aliphatic carbocycles. The highest BCUT2D eigenvalue weighted by atomic mass is 16.6. The second-order valence-corrected chi connectivity index (χ2v) is 6.12. The number of carbonyl (C=O) groups is 2. The van der Waals surface area contributed by atoms with E-state index in [1.165, 1.54) is 4.90 Å². The first kappa shape index (κ1) is 15.5. The van der Waals surface area contributed by atoms with E-state index in [9.17, 15) is 9.59 Å². The van der Waals surface area contributed by atoms with Gasteiger partial charge >= 0.3 is 6.09 Å². The lowest BCUT2D eigenvalue weighted by molar-refractivity contribution is -0.125. The molecule has 0 aromatic rings. The van der Waals surface area contributed by atoms with Crippen molar-refractivity contribution >= 4 is 11.9 Å². The normalized spacial score (nSPS) is 23.6. The third-order valence-electron chi connectivity index (χ3n) is 3.12. The van der Waals surface area contributed by atoms with E-state index in [0.717, 1.165) is 6.42 Å². The number of Topliss-reactive ketones (excluding diaryl/α,β-unsaturated/α-hetero) is 1. The molecule has 1 heterocycles. The Kier molecular flexibility index (Phi) is 4.93. The minimum Gasteiger partial charge on any atom is -0.444 e. The quantitative estimate of drug-likeness (QED) is 0.770. The number of piperidine rings is 1. The Labute approximate surface area is 114 Å². The van der Waals surface area contributed by atoms with Crippen LogP contribution in [0.1, 0.15) is 47.0 Å². The summed E-state index contributed by atoms with van der Waals surface area (Å²) in [5.41, 5.74) is -0.580. The van der Waals surface area contributed by atoms with Crippen LogP contribution in [0, 0.1) is 17.2 Å². The van der Waals surface area contributed by atoms with Gasteiger partial charge in [-0.05, 0) is 39.5 Å². The van der Waals surface area contributed by atoms with Crippen molar-refractivity contribution in [3.8, 4) is 6.07 Å². The first-order chi connectivity index (χ1) is 8.74. The van der Waals surface area contributed by atoms with Crippen LogP contribution >= 0.6 is 0 Å². The van der Waals surface area contributed by atoms with Crippen LogP contribution in [0.5, 0.6) is 0 Å². The van der Waals surface area contributed by atoms with Gasteiger partial charge in [-0.1, -0.05) is 6.92 Å². The number of likely N-dealkylation sites (tertiary alicyclic amines) is 1. The molecule has 2 unspecified atom stereocenters. The zero-order valence-corrected chi connectivity index (χ0v) is 12.1. The van der Waals surface area contributed by atoms with E-state index in [0.29, 0.717) is 18.9 Å². The molecule has 1 aliphatic rings. The maximum atomic E-state index is 12.1. The Morgan fingerprint density at radius 1 is 1.42 bits per heavy atom. The molecule has 1 saturated heterocycles. The van der Waals surface area contributed by atoms with Gasteiger partial charge in [0.05, 0.1) is 18.5 Å². The molecule has 0 spiro atoms. The van der Waals surface area contributed by atoms with E-state index >= 15 is 0 Å². The SMILES string of the molecule is CC1CCN(C(=O)OC(C)(C)C)C(C(=O)CC#N)C1. The Balaban J connectivity index is 2.80. The number of rotatable bonds is 2. The molecule has 0 radical (unpaired) electrons. The van der Waals surface area contributed by atoms with E-state index in [2.05, 4.69) is 6.92 Å². The summed E-state index contributed by atoms with van der Waals surface area (Å²) < 4.78 is 5.32. The molecule has 5 nitrogen and oxygen atoms in total. The number of ketones is 1. The van der Waals surface area contributed by atoms with Gasteiger partial charge in [0.25, 0.3) is 0 Å². The van der Waals surface area contributed by atoms with Crippen LogP contribution in [0.2, 0.25) is 0 Å². The minimum atomic E-state index is -0.580. The lowest BCUT2D eigenvalue weighted by atomic mass is 9.89. The van der Waals surface area contributed by atoms with Crippen LogP contribution < -0.4 is 0 Å². The molecule has 106 valence electrons. The first-order valence-corrected chi connectivity index (χ1v) is 6.64. The molecule has 5 heteroatoms. The number of ether oxygens (including phenoxy) is 1. The van der Waals surface area contributed by atoms with Crippen LogP contribution in [-0.2, 0) is 9.53 Å². The lowest BCUT2D eigenvalue weighted by Crippen LogP contribution is -2.51. The monoisotopic (exact) mass is 266 g/mol. The fourth-order valence-corrected chi connectivity index (χ4v) is 2.18. The van der Waals surface area contributed by atoms with Crippen LogP contribution in [0.15, 0.2) is 0 Å². The summed E-state index contributed by atoms with van der Waals surface area (Å²) in [7, 11) is 0. The van der Waals surface area contributed by atoms with Gasteiger partial charge in [0.2, 0.25) is 0 Å². The van der Waals surface area contributed by atoms with Gasteiger partial charge in [0.1, 0.15) is 5.60 Å². The minimum absolute atomic E-state index is 0.156. The largest absolute Gasteiger partial charge is 0.444 e. The second kappa shape index (κ2) is 6.05. The molecule has 2 atom stereocenters. The molecular weight excluding hydrogens is 244 g/mol. The van der Waals surface area contributed by atoms with E-state index in [-0.39, 0.29) is 12.2 Å². The molecule has 1 aliphatic heterocycles. The summed E-state index contributed by atoms with van der Waals surface area (Å²) in [5, 5.41) is 8.64. The van der Waals surface area contributed by atoms with Crippen molar-refractivity contribution in [2.45, 2.75) is 58.6 Å². The summed E-state index contributed by atoms with van der Waals surface area (Å²) in [4.78, 5) is 25.5. The van der Waals surface area contributed by atoms with Gasteiger partial charge in [-0.2, -0.15) is 5.26 Å². The predicted molar refractivity (Wildman–Crippen MR) is 70.4 cm³/mol. The predicted octanol–water partition coefficient (Wildman–Crippen LogP) is 2.50. The molecule has 0 aromatic heterocycles. The molecule has 0 aromatic carbocycles. The van der Waals surface area contributed by atoms with E-state index < -0.39 is 17.7 Å². The van der Waals surface area contributed by atoms with Crippen molar-refractivity contribution < 1.29 is 14.3 Å². The first-order valence-electron chi connectivity index (χ1n) is 6.64. The topological polar surface area (TPSA) is 70.4 Å². The zero-order chi connectivity index (χ0) is 14.6. The summed E-state index contributed by atoms with van der Waals surface area (Å²) in [6.45, 7) is 7.95. The highest BCUT2D eigenvalue weighted by Crippen LogP contribution is 2.25. The van der Waals surface area contributed by atoms with Crippen LogP contribution in [0.4, 0.5) is 4.79 Å². The molecule has 1 amide bonds. The fourth-order valence-electron chi connectivity index (χ4n) is 2.18. The third-order valence-corrected chi connectivity index (χ3v) is 3.12. The van der Waals surface area contributed by atoms with Crippen molar-refractivity contribution in [3.63, 3.8) is 0 Å². The maximum Gasteiger partial charge on any atom is 0.410 e. The van der Waals surface area contributed by atoms with Crippen LogP contribution in [0.25, 0.3) is 0 Å². The number of amides is 1. The van der Waals surface area contributed by atoms with Gasteiger partial charge in [-0.15, -0.1) is 0 Å². The van der Waals surface area contributed by atoms with Crippen molar-refractivity contribution in [3.05, 3.63) is 0 Å². The second-order valence-electron chi connectivity index (χ2n) is 6.12. The summed E-state index contributed by atoms with van der Waals surface area (Å²) in [6, 6.07) is 1.34. The molecule has 19 heavy (non-hydrogen) atoms. The number of carbonyl (C=O) groups excluding carboxylic acids is 2. The molecule has 1 rings (SSSR count). The molecule has 0 N–H and O–H groups in total. The van der Waals surface area contributed by atoms with Crippen molar-refractivity contribution in [1.29, 1.82) is 5.26 Å². The maximum absolute atomic E-state index is 12.1. The van der Waals surface area contributed by atoms with Crippen molar-refractivity contribution in [2.24, 2.45) is 5.92 Å². The smallest absolute Gasteiger partial charge is 0.410 e. The van der Waals surface area contributed by atoms with Gasteiger partial charge < -0.3 is 4.74 Å². The Bertz CT molecular complexity index is 392. The van der Waals surface area contributed by atoms with Crippen molar-refractivity contribution in [2.75, 3.05) is 6.54 Å². The third kappa shape index (κ3) is 4.55. The fraction of sp³-hybridized carbons (Fsp3) is 0.786. The van der Waals surface area contributed by atoms with E-state index in [1.807, 2.05) is 6.07 Å². The average Bonchev–Trinajstić information content (AvgIpc) is 2.26. The van der Waals surface area contributed by atoms with Crippen molar-refractivity contribution in [1.82, 2.24) is 4.90 Å².